The monoisotopic (exact) mass is 290 g/mol. The second-order valence-electron chi connectivity index (χ2n) is 5.52. The van der Waals surface area contributed by atoms with Crippen molar-refractivity contribution in [3.05, 3.63) is 29.8 Å². The van der Waals surface area contributed by atoms with Crippen LogP contribution in [0.15, 0.2) is 24.3 Å². The van der Waals surface area contributed by atoms with Crippen LogP contribution < -0.4 is 5.32 Å². The van der Waals surface area contributed by atoms with E-state index in [9.17, 15) is 9.59 Å². The van der Waals surface area contributed by atoms with E-state index in [2.05, 4.69) is 12.2 Å². The third-order valence-electron chi connectivity index (χ3n) is 3.82. The lowest BCUT2D eigenvalue weighted by Crippen LogP contribution is -2.44. The second kappa shape index (κ2) is 6.72. The molecular formula is C16H22N2O3. The Labute approximate surface area is 125 Å². The summed E-state index contributed by atoms with van der Waals surface area (Å²) < 4.78 is 0. The number of carbonyl (C=O) groups is 2. The molecule has 1 saturated carbocycles. The highest BCUT2D eigenvalue weighted by Crippen LogP contribution is 2.28. The Morgan fingerprint density at radius 2 is 2.14 bits per heavy atom. The van der Waals surface area contributed by atoms with Crippen LogP contribution in [0.5, 0.6) is 0 Å². The molecule has 1 unspecified atom stereocenters. The van der Waals surface area contributed by atoms with E-state index in [-0.39, 0.29) is 18.5 Å². The number of hydrogen-bond acceptors (Lipinski definition) is 3. The molecule has 5 heteroatoms. The standard InChI is InChI=1S/C16H22N2O3/c1-3-12-5-4-6-13(9-12)17-15(19)10-18(14-7-8-14)11(2)16(20)21/h4-6,9,11,14H,3,7-8,10H2,1-2H3,(H,17,19)(H,20,21). The van der Waals surface area contributed by atoms with Crippen LogP contribution in [0.1, 0.15) is 32.3 Å². The number of carbonyl (C=O) groups excluding carboxylic acids is 1. The maximum absolute atomic E-state index is 12.1. The third-order valence-corrected chi connectivity index (χ3v) is 3.82. The molecule has 0 radical (unpaired) electrons. The number of benzene rings is 1. The molecular weight excluding hydrogens is 268 g/mol. The summed E-state index contributed by atoms with van der Waals surface area (Å²) in [5.41, 5.74) is 1.92. The Balaban J connectivity index is 1.97. The van der Waals surface area contributed by atoms with Crippen LogP contribution in [0.25, 0.3) is 0 Å². The molecule has 0 aliphatic heterocycles. The van der Waals surface area contributed by atoms with Crippen molar-refractivity contribution in [2.24, 2.45) is 0 Å². The average Bonchev–Trinajstić information content (AvgIpc) is 3.28. The SMILES string of the molecule is CCc1cccc(NC(=O)CN(C2CC2)C(C)C(=O)O)c1. The van der Waals surface area contributed by atoms with Gasteiger partial charge in [-0.2, -0.15) is 0 Å². The van der Waals surface area contributed by atoms with Gasteiger partial charge in [0.25, 0.3) is 0 Å². The van der Waals surface area contributed by atoms with Crippen molar-refractivity contribution in [3.8, 4) is 0 Å². The fourth-order valence-corrected chi connectivity index (χ4v) is 2.37. The molecule has 1 aromatic rings. The fraction of sp³-hybridized carbons (Fsp3) is 0.500. The highest BCUT2D eigenvalue weighted by Gasteiger charge is 2.36. The number of amides is 1. The third kappa shape index (κ3) is 4.29. The number of anilines is 1. The number of nitrogens with one attached hydrogen (secondary N) is 1. The zero-order valence-electron chi connectivity index (χ0n) is 12.5. The number of aliphatic carboxylic acids is 1. The Hall–Kier alpha value is -1.88. The van der Waals surface area contributed by atoms with E-state index in [0.717, 1.165) is 30.5 Å². The lowest BCUT2D eigenvalue weighted by Gasteiger charge is -2.25. The summed E-state index contributed by atoms with van der Waals surface area (Å²) in [6, 6.07) is 7.30. The molecule has 2 N–H and O–H groups in total. The number of aryl methyl sites for hydroxylation is 1. The molecule has 1 aromatic carbocycles. The summed E-state index contributed by atoms with van der Waals surface area (Å²) in [6.45, 7) is 3.81. The van der Waals surface area contributed by atoms with E-state index < -0.39 is 12.0 Å². The predicted octanol–water partition coefficient (Wildman–Crippen LogP) is 2.12. The van der Waals surface area contributed by atoms with E-state index in [1.807, 2.05) is 24.3 Å². The first kappa shape index (κ1) is 15.5. The molecule has 0 spiro atoms. The van der Waals surface area contributed by atoms with Gasteiger partial charge in [0.15, 0.2) is 0 Å². The van der Waals surface area contributed by atoms with Gasteiger partial charge in [-0.15, -0.1) is 0 Å². The largest absolute Gasteiger partial charge is 0.480 e. The summed E-state index contributed by atoms with van der Waals surface area (Å²) in [7, 11) is 0. The second-order valence-corrected chi connectivity index (χ2v) is 5.52. The predicted molar refractivity (Wildman–Crippen MR) is 81.3 cm³/mol. The van der Waals surface area contributed by atoms with Crippen molar-refractivity contribution in [1.29, 1.82) is 0 Å². The summed E-state index contributed by atoms with van der Waals surface area (Å²) in [5.74, 6) is -1.05. The molecule has 0 saturated heterocycles. The molecule has 1 aliphatic carbocycles. The highest BCUT2D eigenvalue weighted by atomic mass is 16.4. The van der Waals surface area contributed by atoms with E-state index >= 15 is 0 Å². The van der Waals surface area contributed by atoms with Gasteiger partial charge in [0.1, 0.15) is 6.04 Å². The minimum absolute atomic E-state index is 0.120. The number of nitrogens with zero attached hydrogens (tertiary/aromatic N) is 1. The molecule has 1 atom stereocenters. The lowest BCUT2D eigenvalue weighted by atomic mass is 10.1. The van der Waals surface area contributed by atoms with Crippen molar-refractivity contribution >= 4 is 17.6 Å². The highest BCUT2D eigenvalue weighted by molar-refractivity contribution is 5.92. The van der Waals surface area contributed by atoms with Crippen LogP contribution in [0.3, 0.4) is 0 Å². The number of hydrogen-bond donors (Lipinski definition) is 2. The number of carboxylic acids is 1. The zero-order chi connectivity index (χ0) is 15.4. The Kier molecular flexibility index (Phi) is 4.96. The van der Waals surface area contributed by atoms with Gasteiger partial charge < -0.3 is 10.4 Å². The van der Waals surface area contributed by atoms with Gasteiger partial charge >= 0.3 is 5.97 Å². The van der Waals surface area contributed by atoms with Crippen molar-refractivity contribution < 1.29 is 14.7 Å². The van der Waals surface area contributed by atoms with Crippen LogP contribution in [0, 0.1) is 0 Å². The molecule has 1 aliphatic rings. The number of rotatable bonds is 7. The first-order valence-corrected chi connectivity index (χ1v) is 7.38. The topological polar surface area (TPSA) is 69.6 Å². The molecule has 1 amide bonds. The summed E-state index contributed by atoms with van der Waals surface area (Å²) in [4.78, 5) is 25.0. The molecule has 5 nitrogen and oxygen atoms in total. The van der Waals surface area contributed by atoms with Gasteiger partial charge in [-0.1, -0.05) is 19.1 Å². The Bertz CT molecular complexity index is 526. The van der Waals surface area contributed by atoms with E-state index in [1.165, 1.54) is 0 Å². The maximum atomic E-state index is 12.1. The van der Waals surface area contributed by atoms with Crippen molar-refractivity contribution in [1.82, 2.24) is 4.90 Å². The van der Waals surface area contributed by atoms with E-state index in [4.69, 9.17) is 5.11 Å². The fourth-order valence-electron chi connectivity index (χ4n) is 2.37. The molecule has 114 valence electrons. The van der Waals surface area contributed by atoms with Gasteiger partial charge in [-0.3, -0.25) is 14.5 Å². The van der Waals surface area contributed by atoms with Gasteiger partial charge in [-0.05, 0) is 43.9 Å². The molecule has 1 fully saturated rings. The average molecular weight is 290 g/mol. The summed E-state index contributed by atoms with van der Waals surface area (Å²) in [6.07, 6.45) is 2.85. The van der Waals surface area contributed by atoms with Gasteiger partial charge in [0.2, 0.25) is 5.91 Å². The molecule has 21 heavy (non-hydrogen) atoms. The first-order valence-electron chi connectivity index (χ1n) is 7.38. The Morgan fingerprint density at radius 1 is 1.43 bits per heavy atom. The van der Waals surface area contributed by atoms with Crippen LogP contribution in [0.4, 0.5) is 5.69 Å². The van der Waals surface area contributed by atoms with Crippen molar-refractivity contribution in [3.63, 3.8) is 0 Å². The zero-order valence-corrected chi connectivity index (χ0v) is 12.5. The van der Waals surface area contributed by atoms with Crippen molar-refractivity contribution in [2.75, 3.05) is 11.9 Å². The molecule has 2 rings (SSSR count). The molecule has 0 bridgehead atoms. The molecule has 0 aromatic heterocycles. The maximum Gasteiger partial charge on any atom is 0.320 e. The first-order chi connectivity index (χ1) is 10.0. The Morgan fingerprint density at radius 3 is 2.71 bits per heavy atom. The number of carboxylic acid groups (broad SMARTS) is 1. The van der Waals surface area contributed by atoms with E-state index in [0.29, 0.717) is 0 Å². The van der Waals surface area contributed by atoms with Gasteiger partial charge in [0.05, 0.1) is 6.54 Å². The molecule has 0 heterocycles. The quantitative estimate of drug-likeness (QED) is 0.807. The van der Waals surface area contributed by atoms with Crippen LogP contribution >= 0.6 is 0 Å². The van der Waals surface area contributed by atoms with Crippen LogP contribution in [0.2, 0.25) is 0 Å². The van der Waals surface area contributed by atoms with Gasteiger partial charge in [0, 0.05) is 11.7 Å². The summed E-state index contributed by atoms with van der Waals surface area (Å²) in [5, 5.41) is 12.0. The minimum Gasteiger partial charge on any atom is -0.480 e. The minimum atomic E-state index is -0.886. The van der Waals surface area contributed by atoms with E-state index in [1.54, 1.807) is 11.8 Å². The lowest BCUT2D eigenvalue weighted by molar-refractivity contribution is -0.143. The van der Waals surface area contributed by atoms with Crippen LogP contribution in [-0.4, -0.2) is 40.5 Å². The normalized spacial score (nSPS) is 15.8. The summed E-state index contributed by atoms with van der Waals surface area (Å²) >= 11 is 0. The van der Waals surface area contributed by atoms with Crippen molar-refractivity contribution in [2.45, 2.75) is 45.2 Å². The van der Waals surface area contributed by atoms with Gasteiger partial charge in [-0.25, -0.2) is 0 Å². The smallest absolute Gasteiger partial charge is 0.320 e. The van der Waals surface area contributed by atoms with Crippen LogP contribution in [-0.2, 0) is 16.0 Å².